The molecule has 2 saturated heterocycles. The maximum absolute atomic E-state index is 12.4. The van der Waals surface area contributed by atoms with Crippen molar-refractivity contribution in [2.75, 3.05) is 44.2 Å². The largest absolute Gasteiger partial charge is 0.368 e. The Kier molecular flexibility index (Phi) is 6.11. The van der Waals surface area contributed by atoms with Gasteiger partial charge in [0.05, 0.1) is 0 Å². The molecule has 0 bridgehead atoms. The Morgan fingerprint density at radius 2 is 1.70 bits per heavy atom. The molecular formula is C20H28N4O3. The van der Waals surface area contributed by atoms with Crippen LogP contribution in [0.15, 0.2) is 18.2 Å². The van der Waals surface area contributed by atoms with Gasteiger partial charge in [0.2, 0.25) is 5.91 Å². The number of amides is 3. The van der Waals surface area contributed by atoms with Crippen LogP contribution < -0.4 is 15.5 Å². The third-order valence-corrected chi connectivity index (χ3v) is 5.62. The molecule has 27 heavy (non-hydrogen) atoms. The quantitative estimate of drug-likeness (QED) is 0.743. The molecule has 2 N–H and O–H groups in total. The first-order chi connectivity index (χ1) is 13.0. The van der Waals surface area contributed by atoms with Crippen LogP contribution in [0.4, 0.5) is 5.69 Å². The van der Waals surface area contributed by atoms with Gasteiger partial charge in [-0.05, 0) is 57.0 Å². The van der Waals surface area contributed by atoms with Crippen molar-refractivity contribution in [2.24, 2.45) is 5.92 Å². The van der Waals surface area contributed by atoms with Crippen molar-refractivity contribution in [1.29, 1.82) is 0 Å². The van der Waals surface area contributed by atoms with E-state index in [0.717, 1.165) is 13.1 Å². The van der Waals surface area contributed by atoms with Crippen LogP contribution >= 0.6 is 0 Å². The Morgan fingerprint density at radius 3 is 2.37 bits per heavy atom. The Morgan fingerprint density at radius 1 is 1.04 bits per heavy atom. The predicted molar refractivity (Wildman–Crippen MR) is 103 cm³/mol. The molecule has 3 rings (SSSR count). The van der Waals surface area contributed by atoms with E-state index in [0.29, 0.717) is 39.0 Å². The van der Waals surface area contributed by atoms with E-state index in [-0.39, 0.29) is 11.8 Å². The number of piperidine rings is 1. The van der Waals surface area contributed by atoms with Crippen molar-refractivity contribution in [3.8, 4) is 0 Å². The van der Waals surface area contributed by atoms with E-state index in [2.05, 4.69) is 41.5 Å². The van der Waals surface area contributed by atoms with Gasteiger partial charge >= 0.3 is 11.8 Å². The average molecular weight is 372 g/mol. The van der Waals surface area contributed by atoms with Crippen molar-refractivity contribution in [3.05, 3.63) is 29.3 Å². The average Bonchev–Trinajstić information content (AvgIpc) is 2.70. The third kappa shape index (κ3) is 4.47. The summed E-state index contributed by atoms with van der Waals surface area (Å²) < 4.78 is 0. The van der Waals surface area contributed by atoms with Gasteiger partial charge in [-0.2, -0.15) is 0 Å². The van der Waals surface area contributed by atoms with Gasteiger partial charge in [-0.15, -0.1) is 0 Å². The number of benzene rings is 1. The lowest BCUT2D eigenvalue weighted by Gasteiger charge is -2.36. The number of carbonyl (C=O) groups excluding carboxylic acids is 3. The molecule has 3 amide bonds. The summed E-state index contributed by atoms with van der Waals surface area (Å²) in [6.45, 7) is 8.00. The lowest BCUT2D eigenvalue weighted by molar-refractivity contribution is -0.148. The number of nitrogens with zero attached hydrogens (tertiary/aromatic N) is 2. The van der Waals surface area contributed by atoms with Gasteiger partial charge in [0.1, 0.15) is 0 Å². The number of imide groups is 1. The molecule has 2 aliphatic heterocycles. The maximum Gasteiger partial charge on any atom is 0.316 e. The first kappa shape index (κ1) is 19.4. The van der Waals surface area contributed by atoms with Crippen LogP contribution in [0.2, 0.25) is 0 Å². The molecule has 2 aliphatic rings. The lowest BCUT2D eigenvalue weighted by Crippen LogP contribution is -2.54. The highest BCUT2D eigenvalue weighted by Gasteiger charge is 2.30. The molecule has 0 atom stereocenters. The van der Waals surface area contributed by atoms with Crippen LogP contribution in [0.25, 0.3) is 0 Å². The fourth-order valence-corrected chi connectivity index (χ4v) is 3.72. The fraction of sp³-hybridized carbons (Fsp3) is 0.550. The van der Waals surface area contributed by atoms with Crippen molar-refractivity contribution < 1.29 is 14.4 Å². The highest BCUT2D eigenvalue weighted by Crippen LogP contribution is 2.23. The number of hydrogen-bond donors (Lipinski definition) is 2. The van der Waals surface area contributed by atoms with Crippen LogP contribution in [0.1, 0.15) is 24.0 Å². The van der Waals surface area contributed by atoms with E-state index in [1.807, 2.05) is 6.07 Å². The molecular weight excluding hydrogens is 344 g/mol. The maximum atomic E-state index is 12.4. The van der Waals surface area contributed by atoms with Crippen molar-refractivity contribution in [1.82, 2.24) is 15.5 Å². The van der Waals surface area contributed by atoms with Gasteiger partial charge in [0.25, 0.3) is 0 Å². The number of rotatable bonds is 2. The minimum absolute atomic E-state index is 0.191. The number of hydrogen-bond acceptors (Lipinski definition) is 5. The molecule has 1 aromatic carbocycles. The summed E-state index contributed by atoms with van der Waals surface area (Å²) in [4.78, 5) is 40.5. The highest BCUT2D eigenvalue weighted by atomic mass is 16.2. The Bertz CT molecular complexity index is 720. The van der Waals surface area contributed by atoms with Gasteiger partial charge in [0, 0.05) is 37.8 Å². The number of anilines is 1. The summed E-state index contributed by atoms with van der Waals surface area (Å²) in [5.74, 6) is -1.94. The number of aryl methyl sites for hydroxylation is 1. The van der Waals surface area contributed by atoms with E-state index in [4.69, 9.17) is 0 Å². The zero-order valence-electron chi connectivity index (χ0n) is 16.1. The zero-order valence-corrected chi connectivity index (χ0v) is 16.1. The Balaban J connectivity index is 1.52. The van der Waals surface area contributed by atoms with Crippen LogP contribution in [0, 0.1) is 19.8 Å². The molecule has 0 saturated carbocycles. The molecule has 7 nitrogen and oxygen atoms in total. The second-order valence-electron chi connectivity index (χ2n) is 7.34. The normalized spacial score (nSPS) is 18.3. The molecule has 0 radical (unpaired) electrons. The zero-order chi connectivity index (χ0) is 19.4. The second-order valence-corrected chi connectivity index (χ2v) is 7.34. The number of carbonyl (C=O) groups is 3. The van der Waals surface area contributed by atoms with Crippen LogP contribution in [0.3, 0.4) is 0 Å². The SMILES string of the molecule is Cc1cccc(N2CCN(C(=O)C(=O)NC(=O)C3CCNCC3)CC2)c1C. The lowest BCUT2D eigenvalue weighted by atomic mass is 9.97. The molecule has 0 aromatic heterocycles. The number of piperazine rings is 1. The van der Waals surface area contributed by atoms with Gasteiger partial charge in [-0.3, -0.25) is 19.7 Å². The van der Waals surface area contributed by atoms with Crippen LogP contribution in [-0.2, 0) is 14.4 Å². The summed E-state index contributed by atoms with van der Waals surface area (Å²) in [5, 5.41) is 5.47. The van der Waals surface area contributed by atoms with Crippen molar-refractivity contribution in [3.63, 3.8) is 0 Å². The molecule has 7 heteroatoms. The molecule has 0 unspecified atom stereocenters. The monoisotopic (exact) mass is 372 g/mol. The van der Waals surface area contributed by atoms with Gasteiger partial charge in [0.15, 0.2) is 0 Å². The summed E-state index contributed by atoms with van der Waals surface area (Å²) in [6.07, 6.45) is 1.39. The first-order valence-electron chi connectivity index (χ1n) is 9.63. The van der Waals surface area contributed by atoms with Crippen LogP contribution in [-0.4, -0.2) is 61.9 Å². The van der Waals surface area contributed by atoms with Crippen molar-refractivity contribution in [2.45, 2.75) is 26.7 Å². The fourth-order valence-electron chi connectivity index (χ4n) is 3.72. The van der Waals surface area contributed by atoms with E-state index in [1.54, 1.807) is 0 Å². The summed E-state index contributed by atoms with van der Waals surface area (Å²) in [5.41, 5.74) is 3.65. The number of nitrogens with one attached hydrogen (secondary N) is 2. The van der Waals surface area contributed by atoms with Gasteiger partial charge in [-0.25, -0.2) is 0 Å². The summed E-state index contributed by atoms with van der Waals surface area (Å²) >= 11 is 0. The summed E-state index contributed by atoms with van der Waals surface area (Å²) in [7, 11) is 0. The minimum atomic E-state index is -0.807. The van der Waals surface area contributed by atoms with Crippen molar-refractivity contribution >= 4 is 23.4 Å². The molecule has 2 heterocycles. The molecule has 1 aromatic rings. The van der Waals surface area contributed by atoms with E-state index < -0.39 is 11.8 Å². The molecule has 146 valence electrons. The van der Waals surface area contributed by atoms with Crippen LogP contribution in [0.5, 0.6) is 0 Å². The Labute approximate surface area is 160 Å². The molecule has 0 spiro atoms. The van der Waals surface area contributed by atoms with E-state index >= 15 is 0 Å². The first-order valence-corrected chi connectivity index (χ1v) is 9.63. The molecule has 0 aliphatic carbocycles. The molecule has 2 fully saturated rings. The second kappa shape index (κ2) is 8.52. The Hall–Kier alpha value is -2.41. The summed E-state index contributed by atoms with van der Waals surface area (Å²) in [6, 6.07) is 6.21. The predicted octanol–water partition coefficient (Wildman–Crippen LogP) is 0.594. The highest BCUT2D eigenvalue weighted by molar-refractivity contribution is 6.37. The standard InChI is InChI=1S/C20H28N4O3/c1-14-4-3-5-17(15(14)2)23-10-12-24(13-11-23)20(27)19(26)22-18(25)16-6-8-21-9-7-16/h3-5,16,21H,6-13H2,1-2H3,(H,22,25,26). The minimum Gasteiger partial charge on any atom is -0.368 e. The van der Waals surface area contributed by atoms with E-state index in [9.17, 15) is 14.4 Å². The van der Waals surface area contributed by atoms with E-state index in [1.165, 1.54) is 21.7 Å². The topological polar surface area (TPSA) is 81.8 Å². The van der Waals surface area contributed by atoms with Gasteiger partial charge < -0.3 is 15.1 Å². The van der Waals surface area contributed by atoms with Gasteiger partial charge in [-0.1, -0.05) is 12.1 Å². The smallest absolute Gasteiger partial charge is 0.316 e. The third-order valence-electron chi connectivity index (χ3n) is 5.62.